The SMILES string of the molecule is CC(CCNC(=O)NC1Cc2ccccc2C1)C(=O)O. The summed E-state index contributed by atoms with van der Waals surface area (Å²) >= 11 is 0. The van der Waals surface area contributed by atoms with Crippen molar-refractivity contribution in [2.75, 3.05) is 6.54 Å². The molecule has 1 aliphatic rings. The molecular formula is C15H20N2O3. The highest BCUT2D eigenvalue weighted by Gasteiger charge is 2.22. The third-order valence-electron chi connectivity index (χ3n) is 3.67. The second kappa shape index (κ2) is 6.41. The van der Waals surface area contributed by atoms with Crippen LogP contribution < -0.4 is 10.6 Å². The zero-order valence-corrected chi connectivity index (χ0v) is 11.6. The lowest BCUT2D eigenvalue weighted by molar-refractivity contribution is -0.141. The third-order valence-corrected chi connectivity index (χ3v) is 3.67. The normalized spacial score (nSPS) is 15.4. The molecule has 0 heterocycles. The second-order valence-electron chi connectivity index (χ2n) is 5.30. The number of carbonyl (C=O) groups is 2. The van der Waals surface area contributed by atoms with Gasteiger partial charge in [-0.2, -0.15) is 0 Å². The monoisotopic (exact) mass is 276 g/mol. The summed E-state index contributed by atoms with van der Waals surface area (Å²) in [4.78, 5) is 22.4. The van der Waals surface area contributed by atoms with E-state index in [9.17, 15) is 9.59 Å². The summed E-state index contributed by atoms with van der Waals surface area (Å²) in [6, 6.07) is 8.10. The molecule has 0 saturated carbocycles. The minimum Gasteiger partial charge on any atom is -0.481 e. The number of fused-ring (bicyclic) bond motifs is 1. The molecule has 0 saturated heterocycles. The Balaban J connectivity index is 1.70. The molecule has 5 nitrogen and oxygen atoms in total. The van der Waals surface area contributed by atoms with Crippen LogP contribution in [0, 0.1) is 5.92 Å². The maximum absolute atomic E-state index is 11.7. The van der Waals surface area contributed by atoms with Crippen molar-refractivity contribution < 1.29 is 14.7 Å². The number of rotatable bonds is 5. The molecule has 1 atom stereocenters. The summed E-state index contributed by atoms with van der Waals surface area (Å²) in [6.45, 7) is 2.01. The van der Waals surface area contributed by atoms with Gasteiger partial charge in [-0.1, -0.05) is 31.2 Å². The Hall–Kier alpha value is -2.04. The van der Waals surface area contributed by atoms with Gasteiger partial charge in [0, 0.05) is 12.6 Å². The molecule has 2 rings (SSSR count). The first-order valence-corrected chi connectivity index (χ1v) is 6.90. The summed E-state index contributed by atoms with van der Waals surface area (Å²) in [7, 11) is 0. The number of hydrogen-bond donors (Lipinski definition) is 3. The van der Waals surface area contributed by atoms with E-state index in [1.807, 2.05) is 12.1 Å². The largest absolute Gasteiger partial charge is 0.481 e. The second-order valence-corrected chi connectivity index (χ2v) is 5.30. The van der Waals surface area contributed by atoms with E-state index in [4.69, 9.17) is 5.11 Å². The van der Waals surface area contributed by atoms with Gasteiger partial charge in [-0.15, -0.1) is 0 Å². The molecule has 1 unspecified atom stereocenters. The first kappa shape index (κ1) is 14.4. The first-order valence-electron chi connectivity index (χ1n) is 6.90. The third kappa shape index (κ3) is 3.73. The molecule has 108 valence electrons. The van der Waals surface area contributed by atoms with Crippen LogP contribution in [-0.4, -0.2) is 29.7 Å². The van der Waals surface area contributed by atoms with E-state index in [0.29, 0.717) is 13.0 Å². The van der Waals surface area contributed by atoms with Crippen molar-refractivity contribution in [2.24, 2.45) is 5.92 Å². The van der Waals surface area contributed by atoms with Crippen LogP contribution in [-0.2, 0) is 17.6 Å². The van der Waals surface area contributed by atoms with Gasteiger partial charge in [-0.3, -0.25) is 4.79 Å². The fourth-order valence-corrected chi connectivity index (χ4v) is 2.42. The van der Waals surface area contributed by atoms with Gasteiger partial charge in [0.25, 0.3) is 0 Å². The van der Waals surface area contributed by atoms with Crippen molar-refractivity contribution in [3.8, 4) is 0 Å². The summed E-state index contributed by atoms with van der Waals surface area (Å²) < 4.78 is 0. The number of amides is 2. The topological polar surface area (TPSA) is 78.4 Å². The van der Waals surface area contributed by atoms with E-state index >= 15 is 0 Å². The predicted molar refractivity (Wildman–Crippen MR) is 75.6 cm³/mol. The molecule has 0 fully saturated rings. The fourth-order valence-electron chi connectivity index (χ4n) is 2.42. The van der Waals surface area contributed by atoms with Gasteiger partial charge in [0.15, 0.2) is 0 Å². The number of hydrogen-bond acceptors (Lipinski definition) is 2. The molecular weight excluding hydrogens is 256 g/mol. The Labute approximate surface area is 118 Å². The smallest absolute Gasteiger partial charge is 0.315 e. The van der Waals surface area contributed by atoms with E-state index in [1.165, 1.54) is 11.1 Å². The van der Waals surface area contributed by atoms with Gasteiger partial charge < -0.3 is 15.7 Å². The van der Waals surface area contributed by atoms with Crippen molar-refractivity contribution in [2.45, 2.75) is 32.2 Å². The number of carboxylic acids is 1. The number of benzene rings is 1. The van der Waals surface area contributed by atoms with Gasteiger partial charge in [-0.05, 0) is 30.4 Å². The van der Waals surface area contributed by atoms with Crippen molar-refractivity contribution >= 4 is 12.0 Å². The quantitative estimate of drug-likeness (QED) is 0.763. The summed E-state index contributed by atoms with van der Waals surface area (Å²) in [5.41, 5.74) is 2.58. The van der Waals surface area contributed by atoms with Gasteiger partial charge in [0.05, 0.1) is 5.92 Å². The molecule has 1 aliphatic carbocycles. The van der Waals surface area contributed by atoms with Crippen molar-refractivity contribution in [3.63, 3.8) is 0 Å². The van der Waals surface area contributed by atoms with Crippen LogP contribution in [0.3, 0.4) is 0 Å². The predicted octanol–water partition coefficient (Wildman–Crippen LogP) is 1.56. The molecule has 0 aromatic heterocycles. The van der Waals surface area contributed by atoms with Gasteiger partial charge in [-0.25, -0.2) is 4.79 Å². The van der Waals surface area contributed by atoms with Crippen LogP contribution in [0.15, 0.2) is 24.3 Å². The average molecular weight is 276 g/mol. The molecule has 0 bridgehead atoms. The first-order chi connectivity index (χ1) is 9.56. The molecule has 2 amide bonds. The molecule has 5 heteroatoms. The summed E-state index contributed by atoms with van der Waals surface area (Å²) in [6.07, 6.45) is 2.15. The molecule has 0 spiro atoms. The summed E-state index contributed by atoms with van der Waals surface area (Å²) in [5, 5.41) is 14.4. The Bertz CT molecular complexity index is 477. The molecule has 0 aliphatic heterocycles. The number of aliphatic carboxylic acids is 1. The fraction of sp³-hybridized carbons (Fsp3) is 0.467. The van der Waals surface area contributed by atoms with E-state index in [0.717, 1.165) is 12.8 Å². The maximum Gasteiger partial charge on any atom is 0.315 e. The zero-order valence-electron chi connectivity index (χ0n) is 11.6. The highest BCUT2D eigenvalue weighted by atomic mass is 16.4. The minimum absolute atomic E-state index is 0.129. The Kier molecular flexibility index (Phi) is 4.61. The van der Waals surface area contributed by atoms with Crippen molar-refractivity contribution in [1.82, 2.24) is 10.6 Å². The van der Waals surface area contributed by atoms with Crippen LogP contribution in [0.5, 0.6) is 0 Å². The van der Waals surface area contributed by atoms with Crippen LogP contribution in [0.1, 0.15) is 24.5 Å². The van der Waals surface area contributed by atoms with Crippen LogP contribution in [0.2, 0.25) is 0 Å². The summed E-state index contributed by atoms with van der Waals surface area (Å²) in [5.74, 6) is -1.27. The van der Waals surface area contributed by atoms with E-state index in [-0.39, 0.29) is 12.1 Å². The average Bonchev–Trinajstić information content (AvgIpc) is 2.80. The van der Waals surface area contributed by atoms with Crippen LogP contribution in [0.4, 0.5) is 4.79 Å². The number of urea groups is 1. The lowest BCUT2D eigenvalue weighted by Gasteiger charge is -2.13. The highest BCUT2D eigenvalue weighted by Crippen LogP contribution is 2.21. The van der Waals surface area contributed by atoms with Gasteiger partial charge in [0.1, 0.15) is 0 Å². The molecule has 20 heavy (non-hydrogen) atoms. The Morgan fingerprint density at radius 3 is 2.45 bits per heavy atom. The Morgan fingerprint density at radius 2 is 1.90 bits per heavy atom. The number of nitrogens with one attached hydrogen (secondary N) is 2. The lowest BCUT2D eigenvalue weighted by Crippen LogP contribution is -2.43. The van der Waals surface area contributed by atoms with E-state index in [1.54, 1.807) is 6.92 Å². The lowest BCUT2D eigenvalue weighted by atomic mass is 10.1. The number of carboxylic acid groups (broad SMARTS) is 1. The molecule has 1 aromatic rings. The van der Waals surface area contributed by atoms with Crippen molar-refractivity contribution in [1.29, 1.82) is 0 Å². The van der Waals surface area contributed by atoms with Crippen LogP contribution >= 0.6 is 0 Å². The van der Waals surface area contributed by atoms with Crippen molar-refractivity contribution in [3.05, 3.63) is 35.4 Å². The van der Waals surface area contributed by atoms with Gasteiger partial charge in [0.2, 0.25) is 0 Å². The van der Waals surface area contributed by atoms with Crippen LogP contribution in [0.25, 0.3) is 0 Å². The minimum atomic E-state index is -0.835. The molecule has 3 N–H and O–H groups in total. The van der Waals surface area contributed by atoms with E-state index < -0.39 is 11.9 Å². The molecule has 1 aromatic carbocycles. The highest BCUT2D eigenvalue weighted by molar-refractivity contribution is 5.74. The number of carbonyl (C=O) groups excluding carboxylic acids is 1. The molecule has 0 radical (unpaired) electrons. The van der Waals surface area contributed by atoms with E-state index in [2.05, 4.69) is 22.8 Å². The Morgan fingerprint density at radius 1 is 1.30 bits per heavy atom. The maximum atomic E-state index is 11.7. The van der Waals surface area contributed by atoms with Gasteiger partial charge >= 0.3 is 12.0 Å². The zero-order chi connectivity index (χ0) is 14.5. The standard InChI is InChI=1S/C15H20N2O3/c1-10(14(18)19)6-7-16-15(20)17-13-8-11-4-2-3-5-12(11)9-13/h2-5,10,13H,6-9H2,1H3,(H,18,19)(H2,16,17,20).